The fraction of sp³-hybridized carbons (Fsp3) is 0.273. The molecule has 138 valence electrons. The zero-order valence-electron chi connectivity index (χ0n) is 15.2. The lowest BCUT2D eigenvalue weighted by molar-refractivity contribution is -0.130. The maximum atomic E-state index is 12.1. The molecule has 5 heteroatoms. The average Bonchev–Trinajstić information content (AvgIpc) is 2.87. The fourth-order valence-corrected chi connectivity index (χ4v) is 2.99. The van der Waals surface area contributed by atoms with Crippen LogP contribution in [0.25, 0.3) is 6.08 Å². The quantitative estimate of drug-likeness (QED) is 0.607. The Hall–Kier alpha value is -3.08. The van der Waals surface area contributed by atoms with Crippen LogP contribution in [0.4, 0.5) is 0 Å². The predicted molar refractivity (Wildman–Crippen MR) is 103 cm³/mol. The molecule has 4 rings (SSSR count). The second-order valence-electron chi connectivity index (χ2n) is 6.67. The van der Waals surface area contributed by atoms with Crippen molar-refractivity contribution in [2.45, 2.75) is 26.2 Å². The number of aliphatic imine (C=N–C) groups is 1. The van der Waals surface area contributed by atoms with E-state index in [1.807, 2.05) is 18.2 Å². The minimum Gasteiger partial charge on any atom is -0.490 e. The third-order valence-corrected chi connectivity index (χ3v) is 4.49. The first-order valence-corrected chi connectivity index (χ1v) is 9.14. The number of nitrogens with zero attached hydrogens (tertiary/aromatic N) is 1. The number of cyclic esters (lactones) is 1. The number of fused-ring (bicyclic) bond motifs is 1. The van der Waals surface area contributed by atoms with Gasteiger partial charge in [0.2, 0.25) is 0 Å². The predicted octanol–water partition coefficient (Wildman–Crippen LogP) is 4.09. The summed E-state index contributed by atoms with van der Waals surface area (Å²) in [6.07, 6.45) is 3.94. The topological polar surface area (TPSA) is 57.1 Å². The van der Waals surface area contributed by atoms with Crippen LogP contribution in [0.3, 0.4) is 0 Å². The van der Waals surface area contributed by atoms with Gasteiger partial charge in [-0.2, -0.15) is 0 Å². The largest absolute Gasteiger partial charge is 0.490 e. The van der Waals surface area contributed by atoms with E-state index in [9.17, 15) is 4.79 Å². The summed E-state index contributed by atoms with van der Waals surface area (Å²) in [4.78, 5) is 16.5. The van der Waals surface area contributed by atoms with Gasteiger partial charge in [0, 0.05) is 12.8 Å². The molecule has 0 unspecified atom stereocenters. The molecule has 2 heterocycles. The van der Waals surface area contributed by atoms with E-state index in [1.165, 1.54) is 11.1 Å². The van der Waals surface area contributed by atoms with Crippen LogP contribution in [0.1, 0.15) is 29.5 Å². The lowest BCUT2D eigenvalue weighted by atomic mass is 10.1. The molecule has 0 spiro atoms. The van der Waals surface area contributed by atoms with Crippen LogP contribution < -0.4 is 9.47 Å². The van der Waals surface area contributed by atoms with E-state index in [4.69, 9.17) is 14.2 Å². The van der Waals surface area contributed by atoms with Crippen LogP contribution in [0, 0.1) is 6.92 Å². The summed E-state index contributed by atoms with van der Waals surface area (Å²) in [6, 6.07) is 13.9. The van der Waals surface area contributed by atoms with Gasteiger partial charge in [0.15, 0.2) is 23.1 Å². The van der Waals surface area contributed by atoms with Crippen LogP contribution in [-0.4, -0.2) is 25.1 Å². The fourth-order valence-electron chi connectivity index (χ4n) is 2.99. The summed E-state index contributed by atoms with van der Waals surface area (Å²) in [5.41, 5.74) is 3.56. The van der Waals surface area contributed by atoms with Crippen molar-refractivity contribution in [2.24, 2.45) is 4.99 Å². The Morgan fingerprint density at radius 1 is 1.00 bits per heavy atom. The van der Waals surface area contributed by atoms with Crippen molar-refractivity contribution in [2.75, 3.05) is 13.2 Å². The second-order valence-corrected chi connectivity index (χ2v) is 6.67. The molecule has 2 aromatic rings. The molecule has 5 nitrogen and oxygen atoms in total. The monoisotopic (exact) mass is 363 g/mol. The normalized spacial score (nSPS) is 17.4. The number of ether oxygens (including phenoxy) is 3. The van der Waals surface area contributed by atoms with Crippen LogP contribution in [0.5, 0.6) is 11.5 Å². The Morgan fingerprint density at radius 3 is 2.59 bits per heavy atom. The van der Waals surface area contributed by atoms with Gasteiger partial charge in [-0.05, 0) is 42.7 Å². The highest BCUT2D eigenvalue weighted by Gasteiger charge is 2.23. The zero-order valence-corrected chi connectivity index (χ0v) is 15.2. The molecule has 0 fully saturated rings. The summed E-state index contributed by atoms with van der Waals surface area (Å²) >= 11 is 0. The SMILES string of the molecule is Cc1ccc(CCC2=N/C(=C/c3ccc4c(c3)OCCCO4)C(=O)O2)cc1. The van der Waals surface area contributed by atoms with Gasteiger partial charge >= 0.3 is 5.97 Å². The van der Waals surface area contributed by atoms with E-state index in [1.54, 1.807) is 6.08 Å². The average molecular weight is 363 g/mol. The molecule has 0 saturated heterocycles. The van der Waals surface area contributed by atoms with Gasteiger partial charge in [-0.15, -0.1) is 0 Å². The molecule has 2 aliphatic rings. The maximum absolute atomic E-state index is 12.1. The minimum absolute atomic E-state index is 0.309. The lowest BCUT2D eigenvalue weighted by Crippen LogP contribution is -2.05. The smallest absolute Gasteiger partial charge is 0.363 e. The highest BCUT2D eigenvalue weighted by Crippen LogP contribution is 2.31. The highest BCUT2D eigenvalue weighted by atomic mass is 16.6. The number of hydrogen-bond donors (Lipinski definition) is 0. The molecule has 0 atom stereocenters. The third-order valence-electron chi connectivity index (χ3n) is 4.49. The van der Waals surface area contributed by atoms with Crippen LogP contribution in [0.15, 0.2) is 53.2 Å². The molecule has 27 heavy (non-hydrogen) atoms. The molecule has 0 saturated carbocycles. The molecular weight excluding hydrogens is 342 g/mol. The minimum atomic E-state index is -0.416. The van der Waals surface area contributed by atoms with Crippen molar-refractivity contribution in [3.05, 3.63) is 64.9 Å². The Morgan fingerprint density at radius 2 is 1.78 bits per heavy atom. The number of benzene rings is 2. The number of rotatable bonds is 4. The first-order valence-electron chi connectivity index (χ1n) is 9.14. The summed E-state index contributed by atoms with van der Waals surface area (Å²) in [6.45, 7) is 3.33. The number of carbonyl (C=O) groups is 1. The van der Waals surface area contributed by atoms with Crippen molar-refractivity contribution in [3.8, 4) is 11.5 Å². The lowest BCUT2D eigenvalue weighted by Gasteiger charge is -2.07. The van der Waals surface area contributed by atoms with Gasteiger partial charge in [0.25, 0.3) is 0 Å². The van der Waals surface area contributed by atoms with Gasteiger partial charge in [-0.1, -0.05) is 35.9 Å². The van der Waals surface area contributed by atoms with Crippen molar-refractivity contribution in [1.29, 1.82) is 0 Å². The van der Waals surface area contributed by atoms with Crippen LogP contribution >= 0.6 is 0 Å². The second kappa shape index (κ2) is 7.66. The standard InChI is InChI=1S/C22H21NO4/c1-15-3-5-16(6-4-15)8-10-21-23-18(22(24)27-21)13-17-7-9-19-20(14-17)26-12-2-11-25-19/h3-7,9,13-14H,2,8,10-12H2,1H3/b18-13+. The van der Waals surface area contributed by atoms with Gasteiger partial charge < -0.3 is 14.2 Å². The molecule has 0 bridgehead atoms. The Bertz CT molecular complexity index is 912. The zero-order chi connectivity index (χ0) is 18.6. The molecule has 0 amide bonds. The van der Waals surface area contributed by atoms with Crippen molar-refractivity contribution < 1.29 is 19.0 Å². The molecule has 2 aliphatic heterocycles. The number of hydrogen-bond acceptors (Lipinski definition) is 5. The van der Waals surface area contributed by atoms with Gasteiger partial charge in [0.1, 0.15) is 0 Å². The number of esters is 1. The summed E-state index contributed by atoms with van der Waals surface area (Å²) < 4.78 is 16.6. The van der Waals surface area contributed by atoms with E-state index >= 15 is 0 Å². The molecule has 0 aromatic heterocycles. The van der Waals surface area contributed by atoms with Crippen molar-refractivity contribution >= 4 is 17.9 Å². The molecule has 0 radical (unpaired) electrons. The Balaban J connectivity index is 1.47. The molecular formula is C22H21NO4. The van der Waals surface area contributed by atoms with E-state index in [-0.39, 0.29) is 0 Å². The van der Waals surface area contributed by atoms with Gasteiger partial charge in [-0.3, -0.25) is 0 Å². The van der Waals surface area contributed by atoms with E-state index < -0.39 is 5.97 Å². The molecule has 0 aliphatic carbocycles. The van der Waals surface area contributed by atoms with Crippen LogP contribution in [0.2, 0.25) is 0 Å². The van der Waals surface area contributed by atoms with E-state index in [0.717, 1.165) is 24.2 Å². The van der Waals surface area contributed by atoms with Crippen LogP contribution in [-0.2, 0) is 16.0 Å². The molecule has 0 N–H and O–H groups in total. The third kappa shape index (κ3) is 4.19. The van der Waals surface area contributed by atoms with Gasteiger partial charge in [0.05, 0.1) is 13.2 Å². The Kier molecular flexibility index (Phi) is 4.92. The highest BCUT2D eigenvalue weighted by molar-refractivity contribution is 6.07. The summed E-state index contributed by atoms with van der Waals surface area (Å²) in [5, 5.41) is 0. The number of aryl methyl sites for hydroxylation is 2. The maximum Gasteiger partial charge on any atom is 0.363 e. The summed E-state index contributed by atoms with van der Waals surface area (Å²) in [5.74, 6) is 1.46. The first-order chi connectivity index (χ1) is 13.2. The van der Waals surface area contributed by atoms with E-state index in [2.05, 4.69) is 36.2 Å². The first kappa shape index (κ1) is 17.3. The number of carbonyl (C=O) groups excluding carboxylic acids is 1. The molecule has 2 aromatic carbocycles. The summed E-state index contributed by atoms with van der Waals surface area (Å²) in [7, 11) is 0. The van der Waals surface area contributed by atoms with Crippen molar-refractivity contribution in [1.82, 2.24) is 0 Å². The van der Waals surface area contributed by atoms with Gasteiger partial charge in [-0.25, -0.2) is 9.79 Å². The Labute approximate surface area is 158 Å². The van der Waals surface area contributed by atoms with Crippen molar-refractivity contribution in [3.63, 3.8) is 0 Å². The van der Waals surface area contributed by atoms with E-state index in [0.29, 0.717) is 37.0 Å².